The van der Waals surface area contributed by atoms with E-state index < -0.39 is 5.97 Å². The zero-order valence-electron chi connectivity index (χ0n) is 10.5. The Kier molecular flexibility index (Phi) is 3.93. The monoisotopic (exact) mass is 254 g/mol. The Morgan fingerprint density at radius 1 is 1.21 bits per heavy atom. The molecule has 96 valence electrons. The predicted molar refractivity (Wildman–Crippen MR) is 75.4 cm³/mol. The third-order valence-electron chi connectivity index (χ3n) is 2.53. The number of hydrogen-bond donors (Lipinski definition) is 2. The van der Waals surface area contributed by atoms with Gasteiger partial charge in [-0.1, -0.05) is 17.7 Å². The Bertz CT molecular complexity index is 587. The van der Waals surface area contributed by atoms with E-state index in [1.807, 2.05) is 37.3 Å². The van der Waals surface area contributed by atoms with Crippen LogP contribution in [0.2, 0.25) is 0 Å². The number of nitrogens with one attached hydrogen (secondary N) is 1. The molecule has 0 spiro atoms. The molecule has 4 heteroatoms. The number of carboxylic acids is 1. The fourth-order valence-corrected chi connectivity index (χ4v) is 1.53. The normalized spacial score (nSPS) is 10.6. The zero-order valence-corrected chi connectivity index (χ0v) is 10.5. The van der Waals surface area contributed by atoms with Crippen LogP contribution in [0.4, 0.5) is 11.5 Å². The van der Waals surface area contributed by atoms with Crippen molar-refractivity contribution < 1.29 is 9.90 Å². The summed E-state index contributed by atoms with van der Waals surface area (Å²) in [5.74, 6) is -0.252. The predicted octanol–water partition coefficient (Wildman–Crippen LogP) is 3.23. The number of carbonyl (C=O) groups is 1. The maximum atomic E-state index is 10.4. The first-order valence-electron chi connectivity index (χ1n) is 5.84. The summed E-state index contributed by atoms with van der Waals surface area (Å²) in [7, 11) is 0. The van der Waals surface area contributed by atoms with Crippen LogP contribution in [0.25, 0.3) is 6.08 Å². The number of aromatic nitrogens is 1. The van der Waals surface area contributed by atoms with Crippen molar-refractivity contribution >= 4 is 23.6 Å². The molecule has 4 nitrogen and oxygen atoms in total. The lowest BCUT2D eigenvalue weighted by atomic mass is 10.2. The summed E-state index contributed by atoms with van der Waals surface area (Å²) in [5.41, 5.74) is 2.91. The molecule has 0 saturated heterocycles. The van der Waals surface area contributed by atoms with Crippen molar-refractivity contribution in [1.82, 2.24) is 4.98 Å². The van der Waals surface area contributed by atoms with Gasteiger partial charge in [0.1, 0.15) is 5.82 Å². The first-order valence-corrected chi connectivity index (χ1v) is 5.84. The van der Waals surface area contributed by atoms with Gasteiger partial charge in [0.2, 0.25) is 0 Å². The molecule has 1 heterocycles. The van der Waals surface area contributed by atoms with Gasteiger partial charge in [-0.25, -0.2) is 9.78 Å². The number of aryl methyl sites for hydroxylation is 1. The molecule has 19 heavy (non-hydrogen) atoms. The van der Waals surface area contributed by atoms with Crippen LogP contribution in [0.3, 0.4) is 0 Å². The molecule has 2 N–H and O–H groups in total. The molecule has 0 saturated carbocycles. The van der Waals surface area contributed by atoms with Crippen molar-refractivity contribution in [2.75, 3.05) is 5.32 Å². The van der Waals surface area contributed by atoms with Gasteiger partial charge in [0, 0.05) is 18.0 Å². The summed E-state index contributed by atoms with van der Waals surface area (Å²) in [6, 6.07) is 11.6. The molecule has 0 unspecified atom stereocenters. The van der Waals surface area contributed by atoms with Crippen molar-refractivity contribution in [3.63, 3.8) is 0 Å². The molecule has 0 amide bonds. The van der Waals surface area contributed by atoms with Crippen molar-refractivity contribution in [2.45, 2.75) is 6.92 Å². The Balaban J connectivity index is 2.06. The average molecular weight is 254 g/mol. The van der Waals surface area contributed by atoms with Gasteiger partial charge in [0.15, 0.2) is 0 Å². The molecule has 1 aromatic heterocycles. The van der Waals surface area contributed by atoms with E-state index in [0.29, 0.717) is 0 Å². The summed E-state index contributed by atoms with van der Waals surface area (Å²) in [6.45, 7) is 2.03. The van der Waals surface area contributed by atoms with E-state index in [-0.39, 0.29) is 0 Å². The number of pyridine rings is 1. The van der Waals surface area contributed by atoms with Crippen LogP contribution in [-0.4, -0.2) is 16.1 Å². The molecule has 2 rings (SSSR count). The Hall–Kier alpha value is -2.62. The Morgan fingerprint density at radius 2 is 1.95 bits per heavy atom. The number of benzene rings is 1. The van der Waals surface area contributed by atoms with Crippen LogP contribution < -0.4 is 5.32 Å². The molecular formula is C15H14N2O2. The quantitative estimate of drug-likeness (QED) is 0.822. The molecule has 2 aromatic rings. The van der Waals surface area contributed by atoms with Crippen molar-refractivity contribution in [3.8, 4) is 0 Å². The van der Waals surface area contributed by atoms with E-state index in [4.69, 9.17) is 5.11 Å². The highest BCUT2D eigenvalue weighted by Crippen LogP contribution is 2.15. The second-order valence-corrected chi connectivity index (χ2v) is 4.14. The minimum absolute atomic E-state index is 0.719. The van der Waals surface area contributed by atoms with E-state index in [2.05, 4.69) is 10.3 Å². The SMILES string of the molecule is Cc1ccc(Nc2ccc(C=CC(=O)O)cn2)cc1. The number of rotatable bonds is 4. The molecule has 0 atom stereocenters. The third-order valence-corrected chi connectivity index (χ3v) is 2.53. The summed E-state index contributed by atoms with van der Waals surface area (Å²) in [6.07, 6.45) is 4.21. The van der Waals surface area contributed by atoms with Crippen LogP contribution in [0.5, 0.6) is 0 Å². The van der Waals surface area contributed by atoms with Crippen LogP contribution in [0.15, 0.2) is 48.7 Å². The van der Waals surface area contributed by atoms with Gasteiger partial charge in [0.05, 0.1) is 0 Å². The highest BCUT2D eigenvalue weighted by atomic mass is 16.4. The first-order chi connectivity index (χ1) is 9.13. The second-order valence-electron chi connectivity index (χ2n) is 4.14. The number of anilines is 2. The summed E-state index contributed by atoms with van der Waals surface area (Å²) < 4.78 is 0. The topological polar surface area (TPSA) is 62.2 Å². The van der Waals surface area contributed by atoms with Gasteiger partial charge in [-0.15, -0.1) is 0 Å². The largest absolute Gasteiger partial charge is 0.478 e. The summed E-state index contributed by atoms with van der Waals surface area (Å²) in [4.78, 5) is 14.6. The minimum atomic E-state index is -0.971. The zero-order chi connectivity index (χ0) is 13.7. The Labute approximate surface area is 111 Å². The number of aliphatic carboxylic acids is 1. The van der Waals surface area contributed by atoms with Gasteiger partial charge in [-0.3, -0.25) is 0 Å². The maximum Gasteiger partial charge on any atom is 0.328 e. The standard InChI is InChI=1S/C15H14N2O2/c1-11-2-6-13(7-3-11)17-14-8-4-12(10-16-14)5-9-15(18)19/h2-10H,1H3,(H,16,17)(H,18,19). The van der Waals surface area contributed by atoms with Gasteiger partial charge in [-0.05, 0) is 42.8 Å². The molecule has 0 fully saturated rings. The van der Waals surface area contributed by atoms with Crippen LogP contribution in [0.1, 0.15) is 11.1 Å². The highest BCUT2D eigenvalue weighted by Gasteiger charge is 1.96. The lowest BCUT2D eigenvalue weighted by Gasteiger charge is -2.05. The lowest BCUT2D eigenvalue weighted by Crippen LogP contribution is -1.93. The van der Waals surface area contributed by atoms with E-state index in [1.165, 1.54) is 11.6 Å². The van der Waals surface area contributed by atoms with E-state index in [1.54, 1.807) is 12.3 Å². The second kappa shape index (κ2) is 5.82. The third kappa shape index (κ3) is 3.96. The molecule has 0 radical (unpaired) electrons. The molecular weight excluding hydrogens is 240 g/mol. The fourth-order valence-electron chi connectivity index (χ4n) is 1.53. The van der Waals surface area contributed by atoms with E-state index >= 15 is 0 Å². The van der Waals surface area contributed by atoms with Gasteiger partial charge in [0.25, 0.3) is 0 Å². The minimum Gasteiger partial charge on any atom is -0.478 e. The summed E-state index contributed by atoms with van der Waals surface area (Å²) in [5, 5.41) is 11.7. The average Bonchev–Trinajstić information content (AvgIpc) is 2.40. The maximum absolute atomic E-state index is 10.4. The van der Waals surface area contributed by atoms with Gasteiger partial charge in [-0.2, -0.15) is 0 Å². The molecule has 1 aromatic carbocycles. The van der Waals surface area contributed by atoms with Crippen molar-refractivity contribution in [1.29, 1.82) is 0 Å². The lowest BCUT2D eigenvalue weighted by molar-refractivity contribution is -0.131. The first kappa shape index (κ1) is 12.8. The molecule has 0 bridgehead atoms. The van der Waals surface area contributed by atoms with Gasteiger partial charge < -0.3 is 10.4 Å². The fraction of sp³-hybridized carbons (Fsp3) is 0.0667. The number of hydrogen-bond acceptors (Lipinski definition) is 3. The van der Waals surface area contributed by atoms with E-state index in [9.17, 15) is 4.79 Å². The van der Waals surface area contributed by atoms with Crippen LogP contribution >= 0.6 is 0 Å². The Morgan fingerprint density at radius 3 is 2.53 bits per heavy atom. The van der Waals surface area contributed by atoms with Crippen molar-refractivity contribution in [3.05, 3.63) is 59.8 Å². The van der Waals surface area contributed by atoms with Crippen LogP contribution in [0, 0.1) is 6.92 Å². The summed E-state index contributed by atoms with van der Waals surface area (Å²) >= 11 is 0. The number of carboxylic acid groups (broad SMARTS) is 1. The molecule has 0 aliphatic rings. The number of nitrogens with zero attached hydrogens (tertiary/aromatic N) is 1. The van der Waals surface area contributed by atoms with Crippen molar-refractivity contribution in [2.24, 2.45) is 0 Å². The molecule has 0 aliphatic carbocycles. The molecule has 0 aliphatic heterocycles. The van der Waals surface area contributed by atoms with E-state index in [0.717, 1.165) is 23.1 Å². The highest BCUT2D eigenvalue weighted by molar-refractivity contribution is 5.85. The van der Waals surface area contributed by atoms with Gasteiger partial charge >= 0.3 is 5.97 Å². The van der Waals surface area contributed by atoms with Crippen LogP contribution in [-0.2, 0) is 4.79 Å². The smallest absolute Gasteiger partial charge is 0.328 e.